The summed E-state index contributed by atoms with van der Waals surface area (Å²) in [6, 6.07) is 23.7. The highest BCUT2D eigenvalue weighted by atomic mass is 16.3. The van der Waals surface area contributed by atoms with Gasteiger partial charge in [0.25, 0.3) is 5.91 Å². The summed E-state index contributed by atoms with van der Waals surface area (Å²) in [6.45, 7) is 3.24. The number of anilines is 1. The van der Waals surface area contributed by atoms with Crippen molar-refractivity contribution >= 4 is 11.9 Å². The Morgan fingerprint density at radius 3 is 2.36 bits per heavy atom. The van der Waals surface area contributed by atoms with Gasteiger partial charge in [-0.25, -0.2) is 9.97 Å². The van der Waals surface area contributed by atoms with Crippen molar-refractivity contribution in [3.05, 3.63) is 90.8 Å². The maximum Gasteiger partial charge on any atom is 0.254 e. The van der Waals surface area contributed by atoms with E-state index in [1.54, 1.807) is 12.5 Å². The Labute approximate surface area is 192 Å². The Morgan fingerprint density at radius 1 is 0.848 bits per heavy atom. The number of rotatable bonds is 4. The first-order chi connectivity index (χ1) is 16.3. The molecule has 2 aromatic heterocycles. The standard InChI is InChI=1S/C27H24N4O2/c32-26(23-10-5-4-9-22(23)19-7-2-1-3-8-19)30-15-20-17-31(18-21(20)16-30)27-28-13-12-24(29-27)25-11-6-14-33-25/h1-14,20-21H,15-18H2. The number of furan rings is 1. The van der Waals surface area contributed by atoms with E-state index >= 15 is 0 Å². The van der Waals surface area contributed by atoms with Gasteiger partial charge >= 0.3 is 0 Å². The van der Waals surface area contributed by atoms with Crippen molar-refractivity contribution in [2.24, 2.45) is 11.8 Å². The third-order valence-corrected chi connectivity index (χ3v) is 6.72. The molecule has 6 rings (SSSR count). The molecule has 0 bridgehead atoms. The third kappa shape index (κ3) is 3.67. The van der Waals surface area contributed by atoms with Crippen LogP contribution in [0.4, 0.5) is 5.95 Å². The van der Waals surface area contributed by atoms with Crippen molar-refractivity contribution in [1.29, 1.82) is 0 Å². The van der Waals surface area contributed by atoms with E-state index in [9.17, 15) is 4.79 Å². The number of amides is 1. The van der Waals surface area contributed by atoms with Crippen LogP contribution in [0, 0.1) is 11.8 Å². The van der Waals surface area contributed by atoms with Crippen molar-refractivity contribution in [2.75, 3.05) is 31.1 Å². The van der Waals surface area contributed by atoms with Crippen LogP contribution in [-0.4, -0.2) is 47.0 Å². The van der Waals surface area contributed by atoms with Gasteiger partial charge in [0.05, 0.1) is 6.26 Å². The molecule has 2 aromatic carbocycles. The molecule has 0 spiro atoms. The van der Waals surface area contributed by atoms with Crippen LogP contribution in [0.3, 0.4) is 0 Å². The zero-order valence-electron chi connectivity index (χ0n) is 18.2. The molecule has 0 radical (unpaired) electrons. The predicted octanol–water partition coefficient (Wildman–Crippen LogP) is 4.61. The second-order valence-corrected chi connectivity index (χ2v) is 8.77. The van der Waals surface area contributed by atoms with Crippen LogP contribution in [0.15, 0.2) is 89.7 Å². The highest BCUT2D eigenvalue weighted by Crippen LogP contribution is 2.35. The van der Waals surface area contributed by atoms with Gasteiger partial charge in [0.15, 0.2) is 5.76 Å². The van der Waals surface area contributed by atoms with Gasteiger partial charge in [-0.2, -0.15) is 0 Å². The molecule has 4 aromatic rings. The largest absolute Gasteiger partial charge is 0.463 e. The number of carbonyl (C=O) groups is 1. The highest BCUT2D eigenvalue weighted by molar-refractivity contribution is 6.01. The second kappa shape index (κ2) is 8.20. The minimum atomic E-state index is 0.117. The highest BCUT2D eigenvalue weighted by Gasteiger charge is 2.42. The van der Waals surface area contributed by atoms with E-state index in [0.29, 0.717) is 11.8 Å². The summed E-state index contributed by atoms with van der Waals surface area (Å²) in [6.07, 6.45) is 3.43. The lowest BCUT2D eigenvalue weighted by Gasteiger charge is -2.23. The molecule has 6 nitrogen and oxygen atoms in total. The lowest BCUT2D eigenvalue weighted by atomic mass is 9.99. The lowest BCUT2D eigenvalue weighted by Crippen LogP contribution is -2.34. The first-order valence-electron chi connectivity index (χ1n) is 11.3. The summed E-state index contributed by atoms with van der Waals surface area (Å²) in [7, 11) is 0. The Kier molecular flexibility index (Phi) is 4.91. The van der Waals surface area contributed by atoms with E-state index in [1.165, 1.54) is 0 Å². The van der Waals surface area contributed by atoms with Crippen LogP contribution in [0.5, 0.6) is 0 Å². The zero-order valence-corrected chi connectivity index (χ0v) is 18.2. The van der Waals surface area contributed by atoms with Crippen LogP contribution < -0.4 is 4.90 Å². The van der Waals surface area contributed by atoms with Gasteiger partial charge in [0.2, 0.25) is 5.95 Å². The fourth-order valence-electron chi connectivity index (χ4n) is 5.09. The monoisotopic (exact) mass is 436 g/mol. The van der Waals surface area contributed by atoms with Crippen LogP contribution in [0.1, 0.15) is 10.4 Å². The van der Waals surface area contributed by atoms with Gasteiger partial charge in [-0.05, 0) is 35.4 Å². The topological polar surface area (TPSA) is 62.5 Å². The number of benzene rings is 2. The summed E-state index contributed by atoms with van der Waals surface area (Å²) >= 11 is 0. The van der Waals surface area contributed by atoms with Crippen LogP contribution in [0.25, 0.3) is 22.6 Å². The average molecular weight is 437 g/mol. The number of likely N-dealkylation sites (tertiary alicyclic amines) is 1. The van der Waals surface area contributed by atoms with E-state index in [-0.39, 0.29) is 5.91 Å². The first-order valence-corrected chi connectivity index (χ1v) is 11.3. The molecule has 2 aliphatic heterocycles. The van der Waals surface area contributed by atoms with Crippen molar-refractivity contribution in [2.45, 2.75) is 0 Å². The number of carbonyl (C=O) groups excluding carboxylic acids is 1. The fourth-order valence-corrected chi connectivity index (χ4v) is 5.09. The molecule has 2 fully saturated rings. The molecule has 2 aliphatic rings. The van der Waals surface area contributed by atoms with E-state index in [4.69, 9.17) is 9.40 Å². The Balaban J connectivity index is 1.17. The lowest BCUT2D eigenvalue weighted by molar-refractivity contribution is 0.0783. The molecule has 2 saturated heterocycles. The summed E-state index contributed by atoms with van der Waals surface area (Å²) in [4.78, 5) is 26.9. The van der Waals surface area contributed by atoms with Crippen molar-refractivity contribution in [3.8, 4) is 22.6 Å². The van der Waals surface area contributed by atoms with Crippen LogP contribution in [-0.2, 0) is 0 Å². The number of fused-ring (bicyclic) bond motifs is 1. The van der Waals surface area contributed by atoms with E-state index in [1.807, 2.05) is 65.6 Å². The molecular weight excluding hydrogens is 412 g/mol. The minimum absolute atomic E-state index is 0.117. The minimum Gasteiger partial charge on any atom is -0.463 e. The van der Waals surface area contributed by atoms with Crippen molar-refractivity contribution in [1.82, 2.24) is 14.9 Å². The molecule has 0 saturated carbocycles. The predicted molar refractivity (Wildman–Crippen MR) is 127 cm³/mol. The number of aromatic nitrogens is 2. The molecular formula is C27H24N4O2. The Morgan fingerprint density at radius 2 is 1.61 bits per heavy atom. The molecule has 6 heteroatoms. The van der Waals surface area contributed by atoms with Gasteiger partial charge in [0.1, 0.15) is 5.69 Å². The quantitative estimate of drug-likeness (QED) is 0.467. The maximum absolute atomic E-state index is 13.5. The summed E-state index contributed by atoms with van der Waals surface area (Å²) in [5.41, 5.74) is 3.62. The fraction of sp³-hybridized carbons (Fsp3) is 0.222. The van der Waals surface area contributed by atoms with Gasteiger partial charge in [-0.1, -0.05) is 48.5 Å². The molecule has 33 heavy (non-hydrogen) atoms. The van der Waals surface area contributed by atoms with Crippen molar-refractivity contribution in [3.63, 3.8) is 0 Å². The van der Waals surface area contributed by atoms with Gasteiger partial charge in [-0.3, -0.25) is 4.79 Å². The molecule has 2 unspecified atom stereocenters. The summed E-state index contributed by atoms with van der Waals surface area (Å²) < 4.78 is 5.48. The van der Waals surface area contributed by atoms with E-state index in [2.05, 4.69) is 22.0 Å². The van der Waals surface area contributed by atoms with Crippen LogP contribution in [0.2, 0.25) is 0 Å². The summed E-state index contributed by atoms with van der Waals surface area (Å²) in [5.74, 6) is 2.44. The van der Waals surface area contributed by atoms with Crippen LogP contribution >= 0.6 is 0 Å². The normalized spacial score (nSPS) is 19.6. The molecule has 0 aliphatic carbocycles. The van der Waals surface area contributed by atoms with Gasteiger partial charge < -0.3 is 14.2 Å². The number of hydrogen-bond donors (Lipinski definition) is 0. The van der Waals surface area contributed by atoms with Crippen molar-refractivity contribution < 1.29 is 9.21 Å². The van der Waals surface area contributed by atoms with E-state index in [0.717, 1.165) is 60.3 Å². The second-order valence-electron chi connectivity index (χ2n) is 8.77. The first kappa shape index (κ1) is 19.7. The number of nitrogens with zero attached hydrogens (tertiary/aromatic N) is 4. The average Bonchev–Trinajstić information content (AvgIpc) is 3.61. The molecule has 4 heterocycles. The van der Waals surface area contributed by atoms with Gasteiger partial charge in [0, 0.05) is 49.8 Å². The third-order valence-electron chi connectivity index (χ3n) is 6.72. The molecule has 164 valence electrons. The number of hydrogen-bond acceptors (Lipinski definition) is 5. The zero-order chi connectivity index (χ0) is 22.2. The molecule has 2 atom stereocenters. The summed E-state index contributed by atoms with van der Waals surface area (Å²) in [5, 5.41) is 0. The SMILES string of the molecule is O=C(c1ccccc1-c1ccccc1)N1CC2CN(c3nccc(-c4ccco4)n3)CC2C1. The van der Waals surface area contributed by atoms with Gasteiger partial charge in [-0.15, -0.1) is 0 Å². The Bertz CT molecular complexity index is 1260. The smallest absolute Gasteiger partial charge is 0.254 e. The van der Waals surface area contributed by atoms with E-state index < -0.39 is 0 Å². The molecule has 1 amide bonds. The molecule has 0 N–H and O–H groups in total. The maximum atomic E-state index is 13.5. The Hall–Kier alpha value is -3.93.